The Labute approximate surface area is 137 Å². The van der Waals surface area contributed by atoms with Crippen LogP contribution in [-0.2, 0) is 0 Å². The molecule has 3 heteroatoms. The molecule has 0 heterocycles. The predicted molar refractivity (Wildman–Crippen MR) is 91.5 cm³/mol. The molecule has 3 rings (SSSR count). The van der Waals surface area contributed by atoms with Crippen molar-refractivity contribution in [3.63, 3.8) is 0 Å². The van der Waals surface area contributed by atoms with Crippen LogP contribution in [0.2, 0.25) is 5.02 Å². The molecule has 2 nitrogen and oxygen atoms in total. The zero-order valence-electron chi connectivity index (χ0n) is 13.1. The van der Waals surface area contributed by atoms with Crippen molar-refractivity contribution >= 4 is 11.6 Å². The third-order valence-electron chi connectivity index (χ3n) is 4.35. The fourth-order valence-corrected chi connectivity index (χ4v) is 3.09. The van der Waals surface area contributed by atoms with E-state index in [-0.39, 0.29) is 6.04 Å². The van der Waals surface area contributed by atoms with E-state index in [1.54, 1.807) is 7.11 Å². The molecule has 2 aromatic rings. The number of halogens is 1. The first kappa shape index (κ1) is 15.4. The molecule has 22 heavy (non-hydrogen) atoms. The SMILES string of the molecule is COc1ccc(C(NC(C)c2cccc(Cl)c2)C2CC2)cc1. The summed E-state index contributed by atoms with van der Waals surface area (Å²) < 4.78 is 5.25. The van der Waals surface area contributed by atoms with Crippen LogP contribution in [-0.4, -0.2) is 7.11 Å². The van der Waals surface area contributed by atoms with Crippen molar-refractivity contribution in [2.24, 2.45) is 5.92 Å². The van der Waals surface area contributed by atoms with E-state index >= 15 is 0 Å². The van der Waals surface area contributed by atoms with Gasteiger partial charge in [0.25, 0.3) is 0 Å². The molecule has 0 saturated heterocycles. The number of methoxy groups -OCH3 is 1. The third kappa shape index (κ3) is 3.63. The van der Waals surface area contributed by atoms with Gasteiger partial charge in [-0.15, -0.1) is 0 Å². The minimum atomic E-state index is 0.270. The van der Waals surface area contributed by atoms with Gasteiger partial charge in [-0.2, -0.15) is 0 Å². The molecular weight excluding hydrogens is 294 g/mol. The second kappa shape index (κ2) is 6.72. The molecule has 2 atom stereocenters. The zero-order valence-corrected chi connectivity index (χ0v) is 13.8. The summed E-state index contributed by atoms with van der Waals surface area (Å²) in [5.74, 6) is 1.64. The highest BCUT2D eigenvalue weighted by Crippen LogP contribution is 2.42. The normalized spacial score (nSPS) is 17.0. The maximum atomic E-state index is 6.11. The van der Waals surface area contributed by atoms with Crippen LogP contribution in [0.15, 0.2) is 48.5 Å². The first-order valence-corrected chi connectivity index (χ1v) is 8.20. The molecule has 1 aliphatic rings. The molecule has 1 N–H and O–H groups in total. The molecule has 1 fully saturated rings. The van der Waals surface area contributed by atoms with Crippen molar-refractivity contribution < 1.29 is 4.74 Å². The summed E-state index contributed by atoms with van der Waals surface area (Å²) in [6, 6.07) is 17.2. The monoisotopic (exact) mass is 315 g/mol. The number of hydrogen-bond acceptors (Lipinski definition) is 2. The fraction of sp³-hybridized carbons (Fsp3) is 0.368. The lowest BCUT2D eigenvalue weighted by Gasteiger charge is -2.24. The Balaban J connectivity index is 1.76. The van der Waals surface area contributed by atoms with Crippen LogP contribution in [0.25, 0.3) is 0 Å². The largest absolute Gasteiger partial charge is 0.497 e. The van der Waals surface area contributed by atoms with Crippen LogP contribution >= 0.6 is 11.6 Å². The lowest BCUT2D eigenvalue weighted by molar-refractivity contribution is 0.411. The van der Waals surface area contributed by atoms with Crippen molar-refractivity contribution in [2.75, 3.05) is 7.11 Å². The molecule has 1 saturated carbocycles. The van der Waals surface area contributed by atoms with Crippen molar-refractivity contribution in [2.45, 2.75) is 31.8 Å². The molecule has 0 aliphatic heterocycles. The van der Waals surface area contributed by atoms with Gasteiger partial charge in [-0.25, -0.2) is 0 Å². The first-order chi connectivity index (χ1) is 10.7. The molecule has 0 aromatic heterocycles. The van der Waals surface area contributed by atoms with E-state index < -0.39 is 0 Å². The Morgan fingerprint density at radius 3 is 2.41 bits per heavy atom. The van der Waals surface area contributed by atoms with Crippen LogP contribution in [0.5, 0.6) is 5.75 Å². The predicted octanol–water partition coefficient (Wildman–Crippen LogP) is 5.15. The highest BCUT2D eigenvalue weighted by molar-refractivity contribution is 6.30. The number of ether oxygens (including phenoxy) is 1. The third-order valence-corrected chi connectivity index (χ3v) is 4.58. The van der Waals surface area contributed by atoms with Crippen LogP contribution in [0.3, 0.4) is 0 Å². The van der Waals surface area contributed by atoms with E-state index in [1.807, 2.05) is 30.3 Å². The second-order valence-corrected chi connectivity index (χ2v) is 6.47. The summed E-state index contributed by atoms with van der Waals surface area (Å²) in [5.41, 5.74) is 2.56. The molecule has 0 amide bonds. The van der Waals surface area contributed by atoms with Gasteiger partial charge in [0.05, 0.1) is 7.11 Å². The minimum Gasteiger partial charge on any atom is -0.497 e. The van der Waals surface area contributed by atoms with Gasteiger partial charge in [-0.05, 0) is 61.1 Å². The lowest BCUT2D eigenvalue weighted by atomic mass is 9.99. The maximum absolute atomic E-state index is 6.11. The molecule has 1 aliphatic carbocycles. The summed E-state index contributed by atoms with van der Waals surface area (Å²) in [4.78, 5) is 0. The number of hydrogen-bond donors (Lipinski definition) is 1. The van der Waals surface area contributed by atoms with Crippen molar-refractivity contribution in [3.05, 3.63) is 64.7 Å². The van der Waals surface area contributed by atoms with Gasteiger partial charge in [0.1, 0.15) is 5.75 Å². The summed E-state index contributed by atoms with van der Waals surface area (Å²) in [5, 5.41) is 4.57. The minimum absolute atomic E-state index is 0.270. The summed E-state index contributed by atoms with van der Waals surface area (Å²) in [6.07, 6.45) is 2.60. The highest BCUT2D eigenvalue weighted by Gasteiger charge is 2.33. The van der Waals surface area contributed by atoms with E-state index in [1.165, 1.54) is 24.0 Å². The van der Waals surface area contributed by atoms with Crippen LogP contribution in [0.4, 0.5) is 0 Å². The van der Waals surface area contributed by atoms with E-state index in [2.05, 4.69) is 30.4 Å². The first-order valence-electron chi connectivity index (χ1n) is 7.83. The molecule has 0 spiro atoms. The molecule has 0 radical (unpaired) electrons. The average molecular weight is 316 g/mol. The lowest BCUT2D eigenvalue weighted by Crippen LogP contribution is -2.26. The van der Waals surface area contributed by atoms with Gasteiger partial charge in [0.2, 0.25) is 0 Å². The van der Waals surface area contributed by atoms with E-state index in [9.17, 15) is 0 Å². The fourth-order valence-electron chi connectivity index (χ4n) is 2.89. The second-order valence-electron chi connectivity index (χ2n) is 6.03. The molecular formula is C19H22ClNO. The van der Waals surface area contributed by atoms with Gasteiger partial charge >= 0.3 is 0 Å². The van der Waals surface area contributed by atoms with E-state index in [0.29, 0.717) is 6.04 Å². The Morgan fingerprint density at radius 2 is 1.82 bits per heavy atom. The Bertz CT molecular complexity index is 622. The van der Waals surface area contributed by atoms with Crippen molar-refractivity contribution in [1.29, 1.82) is 0 Å². The van der Waals surface area contributed by atoms with E-state index in [4.69, 9.17) is 16.3 Å². The number of nitrogens with one attached hydrogen (secondary N) is 1. The quantitative estimate of drug-likeness (QED) is 0.796. The Kier molecular flexibility index (Phi) is 4.70. The van der Waals surface area contributed by atoms with Gasteiger partial charge < -0.3 is 10.1 Å². The smallest absolute Gasteiger partial charge is 0.118 e. The van der Waals surface area contributed by atoms with Gasteiger partial charge in [-0.3, -0.25) is 0 Å². The summed E-state index contributed by atoms with van der Waals surface area (Å²) in [7, 11) is 1.70. The van der Waals surface area contributed by atoms with Crippen molar-refractivity contribution in [3.8, 4) is 5.75 Å². The summed E-state index contributed by atoms with van der Waals surface area (Å²) >= 11 is 6.11. The van der Waals surface area contributed by atoms with Gasteiger partial charge in [-0.1, -0.05) is 35.9 Å². The number of rotatable bonds is 6. The van der Waals surface area contributed by atoms with E-state index in [0.717, 1.165) is 16.7 Å². The van der Waals surface area contributed by atoms with Crippen LogP contribution in [0, 0.1) is 5.92 Å². The van der Waals surface area contributed by atoms with Crippen LogP contribution in [0.1, 0.15) is 43.0 Å². The highest BCUT2D eigenvalue weighted by atomic mass is 35.5. The molecule has 116 valence electrons. The molecule has 0 bridgehead atoms. The van der Waals surface area contributed by atoms with Crippen LogP contribution < -0.4 is 10.1 Å². The molecule has 2 aromatic carbocycles. The Morgan fingerprint density at radius 1 is 1.09 bits per heavy atom. The van der Waals surface area contributed by atoms with Gasteiger partial charge in [0, 0.05) is 17.1 Å². The standard InChI is InChI=1S/C19H22ClNO/c1-13(16-4-3-5-17(20)12-16)21-19(14-6-7-14)15-8-10-18(22-2)11-9-15/h3-5,8-14,19,21H,6-7H2,1-2H3. The average Bonchev–Trinajstić information content (AvgIpc) is 3.37. The molecule has 2 unspecified atom stereocenters. The summed E-state index contributed by atoms with van der Waals surface area (Å²) in [6.45, 7) is 2.20. The van der Waals surface area contributed by atoms with Crippen molar-refractivity contribution in [1.82, 2.24) is 5.32 Å². The van der Waals surface area contributed by atoms with Gasteiger partial charge in [0.15, 0.2) is 0 Å². The number of benzene rings is 2. The Hall–Kier alpha value is -1.51. The maximum Gasteiger partial charge on any atom is 0.118 e. The zero-order chi connectivity index (χ0) is 15.5. The topological polar surface area (TPSA) is 21.3 Å².